The number of rotatable bonds is 6. The van der Waals surface area contributed by atoms with E-state index >= 15 is 0 Å². The minimum absolute atomic E-state index is 0.0217. The van der Waals surface area contributed by atoms with E-state index in [1.54, 1.807) is 43.3 Å². The summed E-state index contributed by atoms with van der Waals surface area (Å²) < 4.78 is 9.36. The Morgan fingerprint density at radius 2 is 1.93 bits per heavy atom. The van der Waals surface area contributed by atoms with Gasteiger partial charge in [-0.3, -0.25) is 4.99 Å². The van der Waals surface area contributed by atoms with Crippen LogP contribution in [0, 0.1) is 0 Å². The molecule has 0 fully saturated rings. The van der Waals surface area contributed by atoms with Crippen molar-refractivity contribution >= 4 is 35.2 Å². The van der Waals surface area contributed by atoms with Gasteiger partial charge in [0.2, 0.25) is 5.82 Å². The van der Waals surface area contributed by atoms with Crippen molar-refractivity contribution in [1.82, 2.24) is 10.3 Å². The number of azo groups is 1. The Labute approximate surface area is 159 Å². The van der Waals surface area contributed by atoms with Crippen LogP contribution in [0.2, 0.25) is 0 Å². The van der Waals surface area contributed by atoms with Gasteiger partial charge in [0.05, 0.1) is 23.5 Å². The van der Waals surface area contributed by atoms with Gasteiger partial charge < -0.3 is 15.6 Å². The number of nitrogen functional groups attached to an aromatic ring is 1. The van der Waals surface area contributed by atoms with Gasteiger partial charge in [0.25, 0.3) is 5.82 Å². The molecule has 1 aromatic heterocycles. The highest BCUT2D eigenvalue weighted by Crippen LogP contribution is 2.25. The van der Waals surface area contributed by atoms with Crippen molar-refractivity contribution in [3.8, 4) is 5.75 Å². The summed E-state index contributed by atoms with van der Waals surface area (Å²) in [6.07, 6.45) is 1.47. The van der Waals surface area contributed by atoms with E-state index in [4.69, 9.17) is 10.5 Å². The molecule has 3 aromatic rings. The first-order valence-corrected chi connectivity index (χ1v) is 8.21. The quantitative estimate of drug-likeness (QED) is 0.376. The Morgan fingerprint density at radius 3 is 2.61 bits per heavy atom. The molecule has 0 unspecified atom stereocenters. The number of aromatic hydroxyl groups is 1. The Bertz CT molecular complexity index is 1030. The Morgan fingerprint density at radius 1 is 1.18 bits per heavy atom. The van der Waals surface area contributed by atoms with Crippen molar-refractivity contribution in [3.05, 3.63) is 53.6 Å². The van der Waals surface area contributed by atoms with Crippen LogP contribution in [0.3, 0.4) is 0 Å². The smallest absolute Gasteiger partial charge is 0.338 e. The number of hydrogen-bond donors (Lipinski definition) is 2. The molecule has 2 aromatic carbocycles. The van der Waals surface area contributed by atoms with Gasteiger partial charge in [0.1, 0.15) is 5.75 Å². The highest BCUT2D eigenvalue weighted by molar-refractivity contribution is 5.90. The average molecular weight is 380 g/mol. The van der Waals surface area contributed by atoms with Gasteiger partial charge in [-0.05, 0) is 59.7 Å². The van der Waals surface area contributed by atoms with Crippen molar-refractivity contribution in [1.29, 1.82) is 0 Å². The Kier molecular flexibility index (Phi) is 5.70. The molecule has 3 N–H and O–H groups in total. The third-order valence-electron chi connectivity index (χ3n) is 3.50. The summed E-state index contributed by atoms with van der Waals surface area (Å²) in [6, 6.07) is 11.2. The summed E-state index contributed by atoms with van der Waals surface area (Å²) in [5.74, 6) is -0.286. The lowest BCUT2D eigenvalue weighted by molar-refractivity contribution is 0.0526. The van der Waals surface area contributed by atoms with Gasteiger partial charge >= 0.3 is 5.97 Å². The summed E-state index contributed by atoms with van der Waals surface area (Å²) in [7, 11) is 0. The summed E-state index contributed by atoms with van der Waals surface area (Å²) >= 11 is 0. The molecule has 142 valence electrons. The minimum Gasteiger partial charge on any atom is -0.507 e. The number of anilines is 1. The number of phenolic OH excluding ortho intramolecular Hbond substituents is 1. The van der Waals surface area contributed by atoms with Gasteiger partial charge in [0, 0.05) is 11.8 Å². The highest BCUT2D eigenvalue weighted by atomic mass is 16.6. The zero-order valence-electron chi connectivity index (χ0n) is 14.8. The third-order valence-corrected chi connectivity index (χ3v) is 3.50. The average Bonchev–Trinajstić information content (AvgIpc) is 3.11. The van der Waals surface area contributed by atoms with Gasteiger partial charge in [0.15, 0.2) is 0 Å². The fourth-order valence-electron chi connectivity index (χ4n) is 2.11. The van der Waals surface area contributed by atoms with Crippen LogP contribution in [0.4, 0.5) is 23.0 Å². The molecule has 0 radical (unpaired) electrons. The predicted octanol–water partition coefficient (Wildman–Crippen LogP) is 3.70. The number of ether oxygens (including phenoxy) is 1. The number of carbonyl (C=O) groups excluding carboxylic acids is 1. The van der Waals surface area contributed by atoms with Crippen molar-refractivity contribution in [2.24, 2.45) is 15.2 Å². The number of carbonyl (C=O) groups is 1. The Balaban J connectivity index is 1.75. The summed E-state index contributed by atoms with van der Waals surface area (Å²) in [4.78, 5) is 15.9. The standard InChI is InChI=1S/C18H16N6O4/c1-2-27-18(26)11-3-5-13(6-4-11)20-10-12-9-14(7-8-15(12)25)21-22-17-16(19)23-28-24-17/h3-10,25H,2H2,1H3,(H2,19,23). The Hall–Kier alpha value is -4.08. The number of hydrogen-bond acceptors (Lipinski definition) is 10. The summed E-state index contributed by atoms with van der Waals surface area (Å²) in [6.45, 7) is 2.06. The maximum atomic E-state index is 11.7. The number of esters is 1. The molecular weight excluding hydrogens is 364 g/mol. The van der Waals surface area contributed by atoms with Crippen LogP contribution >= 0.6 is 0 Å². The van der Waals surface area contributed by atoms with Gasteiger partial charge in [-0.15, -0.1) is 10.2 Å². The van der Waals surface area contributed by atoms with E-state index in [9.17, 15) is 9.90 Å². The molecule has 1 heterocycles. The number of nitrogens with zero attached hydrogens (tertiary/aromatic N) is 5. The lowest BCUT2D eigenvalue weighted by Crippen LogP contribution is -2.03. The molecule has 3 rings (SSSR count). The van der Waals surface area contributed by atoms with E-state index in [2.05, 4.69) is 30.2 Å². The molecule has 0 amide bonds. The first-order chi connectivity index (χ1) is 13.6. The SMILES string of the molecule is CCOC(=O)c1ccc(N=Cc2cc(N=Nc3nonc3N)ccc2O)cc1. The molecule has 28 heavy (non-hydrogen) atoms. The fraction of sp³-hybridized carbons (Fsp3) is 0.111. The van der Waals surface area contributed by atoms with E-state index in [-0.39, 0.29) is 17.4 Å². The van der Waals surface area contributed by atoms with E-state index < -0.39 is 5.97 Å². The normalized spacial score (nSPS) is 11.3. The summed E-state index contributed by atoms with van der Waals surface area (Å²) in [5, 5.41) is 24.7. The molecule has 0 aliphatic carbocycles. The van der Waals surface area contributed by atoms with E-state index in [0.29, 0.717) is 29.1 Å². The number of benzene rings is 2. The first kappa shape index (κ1) is 18.7. The third kappa shape index (κ3) is 4.55. The van der Waals surface area contributed by atoms with Crippen molar-refractivity contribution < 1.29 is 19.3 Å². The van der Waals surface area contributed by atoms with Gasteiger partial charge in [-0.2, -0.15) is 0 Å². The van der Waals surface area contributed by atoms with Crippen LogP contribution in [-0.4, -0.2) is 34.2 Å². The van der Waals surface area contributed by atoms with Gasteiger partial charge in [-0.1, -0.05) is 0 Å². The number of aliphatic imine (C=N–C) groups is 1. The van der Waals surface area contributed by atoms with Crippen molar-refractivity contribution in [2.75, 3.05) is 12.3 Å². The van der Waals surface area contributed by atoms with Crippen LogP contribution in [0.25, 0.3) is 0 Å². The van der Waals surface area contributed by atoms with Crippen LogP contribution in [-0.2, 0) is 4.74 Å². The van der Waals surface area contributed by atoms with Crippen molar-refractivity contribution in [3.63, 3.8) is 0 Å². The van der Waals surface area contributed by atoms with E-state index in [0.717, 1.165) is 0 Å². The zero-order chi connectivity index (χ0) is 19.9. The highest BCUT2D eigenvalue weighted by Gasteiger charge is 2.06. The molecule has 0 bridgehead atoms. The number of phenols is 1. The second kappa shape index (κ2) is 8.54. The van der Waals surface area contributed by atoms with E-state index in [1.165, 1.54) is 12.3 Å². The van der Waals surface area contributed by atoms with Gasteiger partial charge in [-0.25, -0.2) is 9.42 Å². The van der Waals surface area contributed by atoms with Crippen LogP contribution in [0.5, 0.6) is 5.75 Å². The molecule has 0 aliphatic heterocycles. The second-order valence-electron chi connectivity index (χ2n) is 5.44. The zero-order valence-corrected chi connectivity index (χ0v) is 14.8. The molecule has 10 nitrogen and oxygen atoms in total. The van der Waals surface area contributed by atoms with Crippen molar-refractivity contribution in [2.45, 2.75) is 6.92 Å². The maximum Gasteiger partial charge on any atom is 0.338 e. The topological polar surface area (TPSA) is 149 Å². The molecule has 0 saturated carbocycles. The number of aromatic nitrogens is 2. The molecular formula is C18H16N6O4. The molecule has 0 atom stereocenters. The monoisotopic (exact) mass is 380 g/mol. The first-order valence-electron chi connectivity index (χ1n) is 8.21. The maximum absolute atomic E-state index is 11.7. The molecule has 0 aliphatic rings. The molecule has 10 heteroatoms. The lowest BCUT2D eigenvalue weighted by atomic mass is 10.2. The lowest BCUT2D eigenvalue weighted by Gasteiger charge is -2.02. The summed E-state index contributed by atoms with van der Waals surface area (Å²) in [5.41, 5.74) is 7.41. The van der Waals surface area contributed by atoms with Crippen LogP contribution in [0.15, 0.2) is 62.3 Å². The van der Waals surface area contributed by atoms with E-state index in [1.807, 2.05) is 0 Å². The largest absolute Gasteiger partial charge is 0.507 e. The second-order valence-corrected chi connectivity index (χ2v) is 5.44. The molecule has 0 spiro atoms. The fourth-order valence-corrected chi connectivity index (χ4v) is 2.11. The van der Waals surface area contributed by atoms with Crippen LogP contribution in [0.1, 0.15) is 22.8 Å². The van der Waals surface area contributed by atoms with Crippen LogP contribution < -0.4 is 5.73 Å². The predicted molar refractivity (Wildman–Crippen MR) is 101 cm³/mol. The molecule has 0 saturated heterocycles. The number of nitrogens with two attached hydrogens (primary N) is 1. The minimum atomic E-state index is -0.392.